The maximum absolute atomic E-state index is 10.4. The van der Waals surface area contributed by atoms with Crippen LogP contribution in [0.2, 0.25) is 5.02 Å². The molecule has 0 atom stereocenters. The third-order valence-electron chi connectivity index (χ3n) is 1.92. The molecule has 18 heavy (non-hydrogen) atoms. The van der Waals surface area contributed by atoms with Gasteiger partial charge in [0.1, 0.15) is 12.4 Å². The lowest BCUT2D eigenvalue weighted by Crippen LogP contribution is -1.95. The molecule has 0 saturated carbocycles. The number of nitrogens with zero attached hydrogens (tertiary/aromatic N) is 3. The predicted molar refractivity (Wildman–Crippen MR) is 67.9 cm³/mol. The van der Waals surface area contributed by atoms with Gasteiger partial charge in [-0.2, -0.15) is 9.97 Å². The molecule has 0 unspecified atom stereocenters. The zero-order chi connectivity index (χ0) is 13.1. The standard InChI is InChI=1S/C10H5BrClN3O3/c11-6-1-2-8(12)9(3-6)18-10-13-4-7(5-14-10)15(16)17/h1-5H. The van der Waals surface area contributed by atoms with Crippen molar-refractivity contribution in [3.05, 3.63) is 50.2 Å². The van der Waals surface area contributed by atoms with Gasteiger partial charge in [0.2, 0.25) is 0 Å². The number of benzene rings is 1. The summed E-state index contributed by atoms with van der Waals surface area (Å²) >= 11 is 9.19. The Bertz CT molecular complexity index is 591. The zero-order valence-electron chi connectivity index (χ0n) is 8.71. The summed E-state index contributed by atoms with van der Waals surface area (Å²) in [5.74, 6) is 0.361. The lowest BCUT2D eigenvalue weighted by atomic mass is 10.3. The molecular weight excluding hydrogens is 325 g/mol. The van der Waals surface area contributed by atoms with Gasteiger partial charge >= 0.3 is 11.7 Å². The minimum Gasteiger partial charge on any atom is -0.423 e. The Hall–Kier alpha value is -1.73. The van der Waals surface area contributed by atoms with Crippen molar-refractivity contribution in [2.24, 2.45) is 0 Å². The van der Waals surface area contributed by atoms with E-state index in [9.17, 15) is 10.1 Å². The molecule has 2 aromatic rings. The molecule has 1 aromatic heterocycles. The molecule has 0 spiro atoms. The highest BCUT2D eigenvalue weighted by molar-refractivity contribution is 9.10. The van der Waals surface area contributed by atoms with Gasteiger partial charge in [-0.25, -0.2) is 0 Å². The number of nitro groups is 1. The molecular formula is C10H5BrClN3O3. The molecule has 2 rings (SSSR count). The predicted octanol–water partition coefficient (Wildman–Crippen LogP) is 3.59. The largest absolute Gasteiger partial charge is 0.423 e. The molecule has 0 fully saturated rings. The number of ether oxygens (including phenoxy) is 1. The van der Waals surface area contributed by atoms with Crippen molar-refractivity contribution in [2.75, 3.05) is 0 Å². The Morgan fingerprint density at radius 1 is 1.33 bits per heavy atom. The van der Waals surface area contributed by atoms with Gasteiger partial charge in [0.25, 0.3) is 0 Å². The monoisotopic (exact) mass is 329 g/mol. The maximum Gasteiger partial charge on any atom is 0.322 e. The average Bonchev–Trinajstić information content (AvgIpc) is 2.34. The van der Waals surface area contributed by atoms with Crippen molar-refractivity contribution in [3.63, 3.8) is 0 Å². The van der Waals surface area contributed by atoms with Crippen LogP contribution in [0.15, 0.2) is 35.1 Å². The van der Waals surface area contributed by atoms with E-state index in [2.05, 4.69) is 25.9 Å². The van der Waals surface area contributed by atoms with Crippen LogP contribution in [0.25, 0.3) is 0 Å². The van der Waals surface area contributed by atoms with Gasteiger partial charge in [-0.1, -0.05) is 27.5 Å². The first-order valence-electron chi connectivity index (χ1n) is 4.65. The van der Waals surface area contributed by atoms with Crippen LogP contribution in [-0.4, -0.2) is 14.9 Å². The Labute approximate surface area is 115 Å². The highest BCUT2D eigenvalue weighted by Crippen LogP contribution is 2.30. The summed E-state index contributed by atoms with van der Waals surface area (Å²) in [6.45, 7) is 0. The van der Waals surface area contributed by atoms with Crippen molar-refractivity contribution in [2.45, 2.75) is 0 Å². The summed E-state index contributed by atoms with van der Waals surface area (Å²) in [6, 6.07) is 5.03. The van der Waals surface area contributed by atoms with E-state index in [1.807, 2.05) is 0 Å². The average molecular weight is 331 g/mol. The zero-order valence-corrected chi connectivity index (χ0v) is 11.1. The SMILES string of the molecule is O=[N+]([O-])c1cnc(Oc2cc(Br)ccc2Cl)nc1. The fourth-order valence-corrected chi connectivity index (χ4v) is 1.61. The summed E-state index contributed by atoms with van der Waals surface area (Å²) in [5, 5.41) is 10.8. The van der Waals surface area contributed by atoms with E-state index in [0.717, 1.165) is 16.9 Å². The molecule has 0 amide bonds. The van der Waals surface area contributed by atoms with Crippen LogP contribution < -0.4 is 4.74 Å². The highest BCUT2D eigenvalue weighted by atomic mass is 79.9. The van der Waals surface area contributed by atoms with Crippen molar-refractivity contribution in [1.82, 2.24) is 9.97 Å². The first-order valence-corrected chi connectivity index (χ1v) is 5.82. The fourth-order valence-electron chi connectivity index (χ4n) is 1.11. The maximum atomic E-state index is 10.4. The van der Waals surface area contributed by atoms with Crippen LogP contribution in [0.5, 0.6) is 11.8 Å². The number of aromatic nitrogens is 2. The first-order chi connectivity index (χ1) is 8.56. The smallest absolute Gasteiger partial charge is 0.322 e. The number of hydrogen-bond acceptors (Lipinski definition) is 5. The Kier molecular flexibility index (Phi) is 3.73. The van der Waals surface area contributed by atoms with Gasteiger partial charge in [0, 0.05) is 4.47 Å². The fraction of sp³-hybridized carbons (Fsp3) is 0. The van der Waals surface area contributed by atoms with Crippen LogP contribution in [0.3, 0.4) is 0 Å². The molecule has 0 aliphatic rings. The Morgan fingerprint density at radius 2 is 2.00 bits per heavy atom. The normalized spacial score (nSPS) is 10.1. The molecule has 6 nitrogen and oxygen atoms in total. The molecule has 0 radical (unpaired) electrons. The summed E-state index contributed by atoms with van der Waals surface area (Å²) in [7, 11) is 0. The minimum atomic E-state index is -0.587. The molecule has 92 valence electrons. The Balaban J connectivity index is 2.23. The van der Waals surface area contributed by atoms with Crippen molar-refractivity contribution < 1.29 is 9.66 Å². The molecule has 0 aliphatic carbocycles. The van der Waals surface area contributed by atoms with E-state index in [-0.39, 0.29) is 11.7 Å². The second kappa shape index (κ2) is 5.28. The quantitative estimate of drug-likeness (QED) is 0.635. The number of halogens is 2. The topological polar surface area (TPSA) is 78.2 Å². The van der Waals surface area contributed by atoms with E-state index < -0.39 is 4.92 Å². The third-order valence-corrected chi connectivity index (χ3v) is 2.73. The van der Waals surface area contributed by atoms with Crippen molar-refractivity contribution in [3.8, 4) is 11.8 Å². The van der Waals surface area contributed by atoms with Gasteiger partial charge in [-0.15, -0.1) is 0 Å². The van der Waals surface area contributed by atoms with Crippen LogP contribution in [0, 0.1) is 10.1 Å². The Morgan fingerprint density at radius 3 is 2.61 bits per heavy atom. The summed E-state index contributed by atoms with van der Waals surface area (Å²) in [6.07, 6.45) is 2.13. The number of rotatable bonds is 3. The van der Waals surface area contributed by atoms with E-state index in [1.54, 1.807) is 18.2 Å². The summed E-state index contributed by atoms with van der Waals surface area (Å²) in [4.78, 5) is 17.3. The van der Waals surface area contributed by atoms with Crippen molar-refractivity contribution >= 4 is 33.2 Å². The van der Waals surface area contributed by atoms with Gasteiger partial charge in [0.15, 0.2) is 5.75 Å². The molecule has 1 heterocycles. The van der Waals surface area contributed by atoms with Crippen molar-refractivity contribution in [1.29, 1.82) is 0 Å². The minimum absolute atomic E-state index is 0.0133. The molecule has 0 saturated heterocycles. The highest BCUT2D eigenvalue weighted by Gasteiger charge is 2.09. The van der Waals surface area contributed by atoms with Gasteiger partial charge in [0.05, 0.1) is 9.95 Å². The van der Waals surface area contributed by atoms with Crippen LogP contribution in [0.1, 0.15) is 0 Å². The van der Waals surface area contributed by atoms with E-state index in [1.165, 1.54) is 0 Å². The lowest BCUT2D eigenvalue weighted by molar-refractivity contribution is -0.385. The third kappa shape index (κ3) is 2.93. The molecule has 8 heteroatoms. The van der Waals surface area contributed by atoms with Crippen LogP contribution in [0.4, 0.5) is 5.69 Å². The molecule has 1 aromatic carbocycles. The van der Waals surface area contributed by atoms with E-state index in [0.29, 0.717) is 10.8 Å². The number of hydrogen-bond donors (Lipinski definition) is 0. The van der Waals surface area contributed by atoms with Crippen LogP contribution in [-0.2, 0) is 0 Å². The summed E-state index contributed by atoms with van der Waals surface area (Å²) in [5.41, 5.74) is -0.206. The lowest BCUT2D eigenvalue weighted by Gasteiger charge is -2.05. The second-order valence-corrected chi connectivity index (χ2v) is 4.48. The first kappa shape index (κ1) is 12.7. The molecule has 0 aliphatic heterocycles. The second-order valence-electron chi connectivity index (χ2n) is 3.16. The van der Waals surface area contributed by atoms with Gasteiger partial charge < -0.3 is 4.74 Å². The molecule has 0 N–H and O–H groups in total. The summed E-state index contributed by atoms with van der Waals surface area (Å²) < 4.78 is 6.10. The van der Waals surface area contributed by atoms with E-state index in [4.69, 9.17) is 16.3 Å². The van der Waals surface area contributed by atoms with Crippen LogP contribution >= 0.6 is 27.5 Å². The van der Waals surface area contributed by atoms with E-state index >= 15 is 0 Å². The van der Waals surface area contributed by atoms with Gasteiger partial charge in [-0.3, -0.25) is 10.1 Å². The molecule has 0 bridgehead atoms. The van der Waals surface area contributed by atoms with Gasteiger partial charge in [-0.05, 0) is 18.2 Å².